The molecule has 0 spiro atoms. The van der Waals surface area contributed by atoms with Gasteiger partial charge in [0.2, 0.25) is 5.91 Å². The third kappa shape index (κ3) is 4.26. The number of non-ortho nitro benzene ring substituents is 1. The molecule has 0 saturated carbocycles. The molecule has 0 unspecified atom stereocenters. The van der Waals surface area contributed by atoms with Crippen molar-refractivity contribution in [1.82, 2.24) is 14.9 Å². The summed E-state index contributed by atoms with van der Waals surface area (Å²) in [4.78, 5) is 32.8. The molecule has 3 rings (SSSR count). The fraction of sp³-hybridized carbons (Fsp3) is 0.278. The van der Waals surface area contributed by atoms with Crippen LogP contribution in [0, 0.1) is 10.1 Å². The third-order valence-electron chi connectivity index (χ3n) is 4.07. The van der Waals surface area contributed by atoms with Crippen molar-refractivity contribution in [3.8, 4) is 11.4 Å². The van der Waals surface area contributed by atoms with Crippen LogP contribution in [0.4, 0.5) is 5.69 Å². The van der Waals surface area contributed by atoms with Crippen LogP contribution in [0.5, 0.6) is 0 Å². The number of nitro benzene ring substituents is 1. The minimum absolute atomic E-state index is 0.00228. The average Bonchev–Trinajstić information content (AvgIpc) is 2.67. The maximum Gasteiger partial charge on any atom is 0.270 e. The van der Waals surface area contributed by atoms with Gasteiger partial charge in [-0.05, 0) is 25.3 Å². The molecule has 0 bridgehead atoms. The Labute approximate surface area is 145 Å². The summed E-state index contributed by atoms with van der Waals surface area (Å²) < 4.78 is 0. The summed E-state index contributed by atoms with van der Waals surface area (Å²) in [5, 5.41) is 10.8. The van der Waals surface area contributed by atoms with Gasteiger partial charge in [0.25, 0.3) is 5.69 Å². The van der Waals surface area contributed by atoms with Crippen LogP contribution in [0.15, 0.2) is 42.7 Å². The van der Waals surface area contributed by atoms with E-state index >= 15 is 0 Å². The van der Waals surface area contributed by atoms with Crippen molar-refractivity contribution in [2.75, 3.05) is 13.1 Å². The highest BCUT2D eigenvalue weighted by Crippen LogP contribution is 2.20. The molecule has 128 valence electrons. The first-order valence-electron chi connectivity index (χ1n) is 8.17. The molecule has 7 nitrogen and oxygen atoms in total. The lowest BCUT2D eigenvalue weighted by Gasteiger charge is -2.25. The molecule has 1 aromatic carbocycles. The summed E-state index contributed by atoms with van der Waals surface area (Å²) in [5.74, 6) is 0.408. The summed E-state index contributed by atoms with van der Waals surface area (Å²) in [6.45, 7) is 1.62. The lowest BCUT2D eigenvalue weighted by molar-refractivity contribution is -0.384. The van der Waals surface area contributed by atoms with Gasteiger partial charge in [0.1, 0.15) is 0 Å². The molecule has 0 radical (unpaired) electrons. The Hall–Kier alpha value is -3.09. The molecule has 0 N–H and O–H groups in total. The highest BCUT2D eigenvalue weighted by Gasteiger charge is 2.13. The second-order valence-corrected chi connectivity index (χ2v) is 5.87. The van der Waals surface area contributed by atoms with Crippen LogP contribution in [-0.4, -0.2) is 38.8 Å². The van der Waals surface area contributed by atoms with Crippen LogP contribution in [0.3, 0.4) is 0 Å². The predicted molar refractivity (Wildman–Crippen MR) is 93.6 cm³/mol. The van der Waals surface area contributed by atoms with Gasteiger partial charge in [-0.15, -0.1) is 0 Å². The number of aromatic nitrogens is 2. The minimum atomic E-state index is -0.452. The van der Waals surface area contributed by atoms with Gasteiger partial charge in [0, 0.05) is 54.8 Å². The molecule has 0 atom stereocenters. The minimum Gasteiger partial charge on any atom is -0.339 e. The summed E-state index contributed by atoms with van der Waals surface area (Å²) in [5.41, 5.74) is 1.28. The van der Waals surface area contributed by atoms with E-state index in [1.165, 1.54) is 24.6 Å². The van der Waals surface area contributed by atoms with Crippen molar-refractivity contribution in [2.45, 2.75) is 19.3 Å². The number of nitrogens with zero attached hydrogens (tertiary/aromatic N) is 4. The zero-order valence-electron chi connectivity index (χ0n) is 13.7. The number of rotatable bonds is 4. The molecule has 1 saturated heterocycles. The second-order valence-electron chi connectivity index (χ2n) is 5.87. The summed E-state index contributed by atoms with van der Waals surface area (Å²) in [7, 11) is 0. The molecular formula is C18H18N4O3. The van der Waals surface area contributed by atoms with Crippen molar-refractivity contribution >= 4 is 17.7 Å². The molecule has 1 aliphatic heterocycles. The number of amides is 1. The molecule has 1 aliphatic rings. The van der Waals surface area contributed by atoms with Gasteiger partial charge in [-0.1, -0.05) is 12.1 Å². The zero-order valence-corrected chi connectivity index (χ0v) is 13.7. The van der Waals surface area contributed by atoms with Gasteiger partial charge < -0.3 is 4.90 Å². The van der Waals surface area contributed by atoms with E-state index in [2.05, 4.69) is 9.97 Å². The molecule has 1 amide bonds. The topological polar surface area (TPSA) is 89.2 Å². The predicted octanol–water partition coefficient (Wildman–Crippen LogP) is 3.08. The van der Waals surface area contributed by atoms with Crippen LogP contribution < -0.4 is 0 Å². The largest absolute Gasteiger partial charge is 0.339 e. The van der Waals surface area contributed by atoms with Crippen LogP contribution in [0.2, 0.25) is 0 Å². The molecule has 0 aliphatic carbocycles. The average molecular weight is 338 g/mol. The molecule has 1 aromatic heterocycles. The van der Waals surface area contributed by atoms with Gasteiger partial charge in [0.15, 0.2) is 5.82 Å². The molecule has 2 aromatic rings. The van der Waals surface area contributed by atoms with E-state index in [0.29, 0.717) is 17.0 Å². The van der Waals surface area contributed by atoms with E-state index in [-0.39, 0.29) is 11.6 Å². The van der Waals surface area contributed by atoms with E-state index < -0.39 is 4.92 Å². The van der Waals surface area contributed by atoms with Crippen molar-refractivity contribution in [3.63, 3.8) is 0 Å². The maximum atomic E-state index is 12.1. The highest BCUT2D eigenvalue weighted by molar-refractivity contribution is 5.91. The first-order chi connectivity index (χ1) is 12.1. The fourth-order valence-corrected chi connectivity index (χ4v) is 2.72. The zero-order chi connectivity index (χ0) is 17.6. The lowest BCUT2D eigenvalue weighted by atomic mass is 10.1. The molecule has 1 fully saturated rings. The number of likely N-dealkylation sites (tertiary alicyclic amines) is 1. The molecule has 2 heterocycles. The van der Waals surface area contributed by atoms with Gasteiger partial charge >= 0.3 is 0 Å². The van der Waals surface area contributed by atoms with Crippen molar-refractivity contribution in [1.29, 1.82) is 0 Å². The van der Waals surface area contributed by atoms with Gasteiger partial charge in [-0.3, -0.25) is 14.9 Å². The van der Waals surface area contributed by atoms with E-state index in [4.69, 9.17) is 0 Å². The van der Waals surface area contributed by atoms with E-state index in [0.717, 1.165) is 25.9 Å². The molecule has 7 heteroatoms. The fourth-order valence-electron chi connectivity index (χ4n) is 2.72. The number of benzene rings is 1. The number of hydrogen-bond acceptors (Lipinski definition) is 5. The number of piperidine rings is 1. The number of nitro groups is 1. The van der Waals surface area contributed by atoms with Crippen molar-refractivity contribution < 1.29 is 9.72 Å². The van der Waals surface area contributed by atoms with Gasteiger partial charge in [-0.2, -0.15) is 0 Å². The standard InChI is InChI=1S/C18H18N4O3/c23-17(21-9-2-1-3-10-21)8-7-14-12-19-18(20-13-14)15-5-4-6-16(11-15)22(24)25/h4-8,11-13H,1-3,9-10H2/b8-7+. The van der Waals surface area contributed by atoms with E-state index in [1.54, 1.807) is 30.6 Å². The van der Waals surface area contributed by atoms with Crippen LogP contribution in [0.25, 0.3) is 17.5 Å². The normalized spacial score (nSPS) is 14.6. The van der Waals surface area contributed by atoms with Crippen molar-refractivity contribution in [2.24, 2.45) is 0 Å². The van der Waals surface area contributed by atoms with E-state index in [1.807, 2.05) is 4.90 Å². The maximum absolute atomic E-state index is 12.1. The van der Waals surface area contributed by atoms with Gasteiger partial charge in [-0.25, -0.2) is 9.97 Å². The molecular weight excluding hydrogens is 320 g/mol. The Balaban J connectivity index is 1.69. The summed E-state index contributed by atoms with van der Waals surface area (Å²) in [6.07, 6.45) is 9.72. The van der Waals surface area contributed by atoms with Crippen LogP contribution in [-0.2, 0) is 4.79 Å². The van der Waals surface area contributed by atoms with E-state index in [9.17, 15) is 14.9 Å². The Kier molecular flexibility index (Phi) is 5.13. The SMILES string of the molecule is O=C(/C=C/c1cnc(-c2cccc([N+](=O)[O-])c2)nc1)N1CCCCC1. The monoisotopic (exact) mass is 338 g/mol. The Morgan fingerprint density at radius 3 is 2.56 bits per heavy atom. The Morgan fingerprint density at radius 2 is 1.88 bits per heavy atom. The Morgan fingerprint density at radius 1 is 1.16 bits per heavy atom. The number of hydrogen-bond donors (Lipinski definition) is 0. The summed E-state index contributed by atoms with van der Waals surface area (Å²) >= 11 is 0. The third-order valence-corrected chi connectivity index (χ3v) is 4.07. The smallest absolute Gasteiger partial charge is 0.270 e. The van der Waals surface area contributed by atoms with Gasteiger partial charge in [0.05, 0.1) is 4.92 Å². The van der Waals surface area contributed by atoms with Crippen LogP contribution in [0.1, 0.15) is 24.8 Å². The number of carbonyl (C=O) groups is 1. The Bertz CT molecular complexity index is 796. The highest BCUT2D eigenvalue weighted by atomic mass is 16.6. The lowest BCUT2D eigenvalue weighted by Crippen LogP contribution is -2.34. The molecule has 25 heavy (non-hydrogen) atoms. The van der Waals surface area contributed by atoms with Crippen molar-refractivity contribution in [3.05, 3.63) is 58.4 Å². The summed E-state index contributed by atoms with van der Waals surface area (Å²) in [6, 6.07) is 6.18. The first kappa shape index (κ1) is 16.8. The first-order valence-corrected chi connectivity index (χ1v) is 8.17. The number of carbonyl (C=O) groups excluding carboxylic acids is 1. The van der Waals surface area contributed by atoms with Crippen LogP contribution >= 0.6 is 0 Å². The second kappa shape index (κ2) is 7.65. The quantitative estimate of drug-likeness (QED) is 0.485.